The number of rotatable bonds is 6. The third-order valence-electron chi connectivity index (χ3n) is 8.00. The maximum atomic E-state index is 5.36. The highest BCUT2D eigenvalue weighted by Crippen LogP contribution is 2.35. The first-order chi connectivity index (χ1) is 15.9. The van der Waals surface area contributed by atoms with Crippen LogP contribution in [0.1, 0.15) is 114 Å². The zero-order chi connectivity index (χ0) is 25.8. The van der Waals surface area contributed by atoms with Gasteiger partial charge in [-0.2, -0.15) is 0 Å². The largest absolute Gasteiger partial charge is 0.381 e. The van der Waals surface area contributed by atoms with Gasteiger partial charge in [0, 0.05) is 25.2 Å². The summed E-state index contributed by atoms with van der Waals surface area (Å²) < 4.78 is 15.7. The van der Waals surface area contributed by atoms with Gasteiger partial charge in [0.1, 0.15) is 0 Å². The van der Waals surface area contributed by atoms with E-state index in [-0.39, 0.29) is 0 Å². The predicted octanol–water partition coefficient (Wildman–Crippen LogP) is 8.65. The highest BCUT2D eigenvalue weighted by atomic mass is 16.5. The molecule has 2 atom stereocenters. The van der Waals surface area contributed by atoms with Crippen molar-refractivity contribution in [2.75, 3.05) is 39.6 Å². The van der Waals surface area contributed by atoms with E-state index in [9.17, 15) is 0 Å². The Morgan fingerprint density at radius 3 is 1.35 bits per heavy atom. The Kier molecular flexibility index (Phi) is 14.9. The molecule has 4 fully saturated rings. The van der Waals surface area contributed by atoms with Gasteiger partial charge >= 0.3 is 0 Å². The summed E-state index contributed by atoms with van der Waals surface area (Å²) >= 11 is 0. The molecule has 3 aliphatic heterocycles. The van der Waals surface area contributed by atoms with Gasteiger partial charge in [-0.15, -0.1) is 0 Å². The van der Waals surface area contributed by atoms with Crippen molar-refractivity contribution in [3.8, 4) is 0 Å². The Morgan fingerprint density at radius 1 is 0.618 bits per heavy atom. The van der Waals surface area contributed by atoms with Crippen molar-refractivity contribution in [3.05, 3.63) is 0 Å². The predicted molar refractivity (Wildman–Crippen MR) is 147 cm³/mol. The normalized spacial score (nSPS) is 27.9. The molecule has 4 rings (SSSR count). The Balaban J connectivity index is 0.000000228. The smallest absolute Gasteiger partial charge is 0.0542 e. The number of hydrogen-bond donors (Lipinski definition) is 0. The molecule has 3 heterocycles. The Hall–Kier alpha value is -0.120. The van der Waals surface area contributed by atoms with E-state index < -0.39 is 0 Å². The summed E-state index contributed by atoms with van der Waals surface area (Å²) in [5.74, 6) is 5.33. The van der Waals surface area contributed by atoms with Crippen LogP contribution in [-0.4, -0.2) is 39.6 Å². The molecule has 3 saturated heterocycles. The molecule has 0 amide bonds. The van der Waals surface area contributed by atoms with E-state index in [0.717, 1.165) is 75.1 Å². The summed E-state index contributed by atoms with van der Waals surface area (Å²) in [4.78, 5) is 0. The summed E-state index contributed by atoms with van der Waals surface area (Å²) in [6.07, 6.45) is 9.64. The standard InChI is InChI=1S/C9H18O.C8H16O.C7H14O.C7H14/c1-8(2)6-9(3)4-5-10-7-9;1-7(2)4-8(3)5-9-6-8;1-6(2)7-3-4-8-5-7;1-6(2)7-4-3-5-7/h8H,4-7H2,1-3H3;7H,4-6H2,1-3H3;6-7H,3-5H2,1-2H3;6-7H,3-5H2,1-2H3. The van der Waals surface area contributed by atoms with Crippen LogP contribution in [0.25, 0.3) is 0 Å². The minimum atomic E-state index is 0.494. The van der Waals surface area contributed by atoms with Crippen LogP contribution in [0.4, 0.5) is 0 Å². The van der Waals surface area contributed by atoms with Gasteiger partial charge in [0.05, 0.1) is 19.8 Å². The molecule has 3 heteroatoms. The van der Waals surface area contributed by atoms with Gasteiger partial charge in [-0.3, -0.25) is 0 Å². The van der Waals surface area contributed by atoms with Crippen molar-refractivity contribution < 1.29 is 14.2 Å². The van der Waals surface area contributed by atoms with Crippen molar-refractivity contribution in [1.82, 2.24) is 0 Å². The van der Waals surface area contributed by atoms with E-state index in [1.165, 1.54) is 44.9 Å². The zero-order valence-corrected chi connectivity index (χ0v) is 24.9. The average molecular weight is 483 g/mol. The summed E-state index contributed by atoms with van der Waals surface area (Å²) in [6.45, 7) is 28.8. The second-order valence-corrected chi connectivity index (χ2v) is 13.9. The molecule has 4 aliphatic rings. The lowest BCUT2D eigenvalue weighted by Gasteiger charge is -2.39. The van der Waals surface area contributed by atoms with Crippen molar-refractivity contribution in [1.29, 1.82) is 0 Å². The zero-order valence-electron chi connectivity index (χ0n) is 24.9. The Labute approximate surface area is 214 Å². The molecular formula is C31H62O3. The SMILES string of the molecule is CC(C)C1CCC1.CC(C)C1CCOC1.CC(C)CC1(C)CCOC1.CC(C)CC1(C)COC1. The highest BCUT2D eigenvalue weighted by molar-refractivity contribution is 4.81. The van der Waals surface area contributed by atoms with Crippen LogP contribution in [0.5, 0.6) is 0 Å². The lowest BCUT2D eigenvalue weighted by atomic mass is 9.78. The number of ether oxygens (including phenoxy) is 3. The molecule has 1 aliphatic carbocycles. The fourth-order valence-corrected chi connectivity index (χ4v) is 5.59. The average Bonchev–Trinajstić information content (AvgIpc) is 3.31. The van der Waals surface area contributed by atoms with Gasteiger partial charge in [-0.1, -0.05) is 88.5 Å². The highest BCUT2D eigenvalue weighted by Gasteiger charge is 2.33. The molecule has 0 aromatic heterocycles. The van der Waals surface area contributed by atoms with Crippen LogP contribution >= 0.6 is 0 Å². The molecule has 2 unspecified atom stereocenters. The summed E-state index contributed by atoms with van der Waals surface area (Å²) in [5, 5.41) is 0. The third kappa shape index (κ3) is 13.3. The molecule has 0 radical (unpaired) electrons. The summed E-state index contributed by atoms with van der Waals surface area (Å²) in [5.41, 5.74) is 1.02. The van der Waals surface area contributed by atoms with Crippen LogP contribution in [0.15, 0.2) is 0 Å². The quantitative estimate of drug-likeness (QED) is 0.379. The van der Waals surface area contributed by atoms with Crippen molar-refractivity contribution in [2.24, 2.45) is 46.3 Å². The lowest BCUT2D eigenvalue weighted by Crippen LogP contribution is -2.40. The van der Waals surface area contributed by atoms with E-state index >= 15 is 0 Å². The van der Waals surface area contributed by atoms with E-state index in [4.69, 9.17) is 14.2 Å². The molecule has 34 heavy (non-hydrogen) atoms. The maximum absolute atomic E-state index is 5.36. The van der Waals surface area contributed by atoms with Crippen LogP contribution in [-0.2, 0) is 14.2 Å². The van der Waals surface area contributed by atoms with Gasteiger partial charge in [-0.05, 0) is 66.6 Å². The van der Waals surface area contributed by atoms with Crippen molar-refractivity contribution in [3.63, 3.8) is 0 Å². The van der Waals surface area contributed by atoms with Crippen LogP contribution in [0, 0.1) is 46.3 Å². The van der Waals surface area contributed by atoms with E-state index in [0.29, 0.717) is 10.8 Å². The second-order valence-electron chi connectivity index (χ2n) is 13.9. The van der Waals surface area contributed by atoms with E-state index in [1.54, 1.807) is 0 Å². The molecule has 0 aromatic rings. The van der Waals surface area contributed by atoms with Gasteiger partial charge in [0.25, 0.3) is 0 Å². The van der Waals surface area contributed by atoms with Gasteiger partial charge in [-0.25, -0.2) is 0 Å². The lowest BCUT2D eigenvalue weighted by molar-refractivity contribution is -0.111. The Bertz CT molecular complexity index is 491. The Morgan fingerprint density at radius 2 is 1.15 bits per heavy atom. The van der Waals surface area contributed by atoms with Crippen LogP contribution in [0.3, 0.4) is 0 Å². The van der Waals surface area contributed by atoms with Crippen LogP contribution < -0.4 is 0 Å². The first kappa shape index (κ1) is 31.9. The topological polar surface area (TPSA) is 27.7 Å². The van der Waals surface area contributed by atoms with Crippen molar-refractivity contribution >= 4 is 0 Å². The fraction of sp³-hybridized carbons (Fsp3) is 1.00. The van der Waals surface area contributed by atoms with Gasteiger partial charge in [0.15, 0.2) is 0 Å². The first-order valence-corrected chi connectivity index (χ1v) is 14.6. The fourth-order valence-electron chi connectivity index (χ4n) is 5.59. The van der Waals surface area contributed by atoms with Crippen LogP contribution in [0.2, 0.25) is 0 Å². The number of hydrogen-bond acceptors (Lipinski definition) is 3. The third-order valence-corrected chi connectivity index (χ3v) is 8.00. The first-order valence-electron chi connectivity index (χ1n) is 14.6. The molecular weight excluding hydrogens is 420 g/mol. The summed E-state index contributed by atoms with van der Waals surface area (Å²) in [7, 11) is 0. The summed E-state index contributed by atoms with van der Waals surface area (Å²) in [6, 6.07) is 0. The molecule has 204 valence electrons. The van der Waals surface area contributed by atoms with E-state index in [2.05, 4.69) is 69.2 Å². The van der Waals surface area contributed by atoms with Crippen molar-refractivity contribution in [2.45, 2.75) is 114 Å². The second kappa shape index (κ2) is 15.9. The van der Waals surface area contributed by atoms with E-state index in [1.807, 2.05) is 0 Å². The monoisotopic (exact) mass is 482 g/mol. The molecule has 1 saturated carbocycles. The molecule has 0 aromatic carbocycles. The molecule has 0 bridgehead atoms. The van der Waals surface area contributed by atoms with Gasteiger partial charge < -0.3 is 14.2 Å². The minimum Gasteiger partial charge on any atom is -0.381 e. The minimum absolute atomic E-state index is 0.494. The van der Waals surface area contributed by atoms with Gasteiger partial charge in [0.2, 0.25) is 0 Å². The molecule has 0 spiro atoms. The molecule has 0 N–H and O–H groups in total. The molecule has 3 nitrogen and oxygen atoms in total. The maximum Gasteiger partial charge on any atom is 0.0542 e.